The fourth-order valence-electron chi connectivity index (χ4n) is 5.02. The van der Waals surface area contributed by atoms with Gasteiger partial charge in [-0.3, -0.25) is 4.79 Å². The molecule has 3 aromatic rings. The highest BCUT2D eigenvalue weighted by molar-refractivity contribution is 5.84. The van der Waals surface area contributed by atoms with Crippen LogP contribution in [0.3, 0.4) is 0 Å². The largest absolute Gasteiger partial charge is 0.381 e. The number of carbonyl (C=O) groups is 1. The van der Waals surface area contributed by atoms with Crippen LogP contribution in [0.15, 0.2) is 22.7 Å². The van der Waals surface area contributed by atoms with Crippen molar-refractivity contribution in [1.82, 2.24) is 20.0 Å². The quantitative estimate of drug-likeness (QED) is 0.688. The number of methoxy groups -OCH3 is 1. The lowest BCUT2D eigenvalue weighted by molar-refractivity contribution is -0.131. The second kappa shape index (κ2) is 8.09. The summed E-state index contributed by atoms with van der Waals surface area (Å²) in [5, 5.41) is 7.15. The zero-order valence-corrected chi connectivity index (χ0v) is 18.2. The number of ether oxygens (including phenoxy) is 2. The molecule has 8 heteroatoms. The van der Waals surface area contributed by atoms with E-state index in [4.69, 9.17) is 19.0 Å². The molecule has 1 aliphatic heterocycles. The Morgan fingerprint density at radius 3 is 2.68 bits per heavy atom. The Labute approximate surface area is 180 Å². The van der Waals surface area contributed by atoms with E-state index < -0.39 is 0 Å². The molecule has 31 heavy (non-hydrogen) atoms. The first-order valence-electron chi connectivity index (χ1n) is 10.9. The van der Waals surface area contributed by atoms with Crippen LogP contribution in [0.25, 0.3) is 22.2 Å². The lowest BCUT2D eigenvalue weighted by atomic mass is 9.92. The standard InChI is InChI=1S/C23H28N4O4/c1-13-22(14(2)31-26-13)15-4-9-20-18(10-15)25-23(19-11-30-12-21(28)24-19)27(20)16-5-7-17(29-3)8-6-16/h4,9-10,16-17,19H,5-8,11-12H2,1-3H3,(H,24,28)/t16?,17?,19-/m0/s1. The van der Waals surface area contributed by atoms with Gasteiger partial charge >= 0.3 is 0 Å². The second-order valence-electron chi connectivity index (χ2n) is 8.54. The number of imidazole rings is 1. The van der Waals surface area contributed by atoms with E-state index in [2.05, 4.69) is 33.2 Å². The Morgan fingerprint density at radius 2 is 2.00 bits per heavy atom. The van der Waals surface area contributed by atoms with Crippen LogP contribution in [0.4, 0.5) is 0 Å². The van der Waals surface area contributed by atoms with E-state index in [-0.39, 0.29) is 18.6 Å². The SMILES string of the molecule is COC1CCC(n2c([C@@H]3COCC(=O)N3)nc3cc(-c4c(C)noc4C)ccc32)CC1. The number of rotatable bonds is 4. The third-order valence-corrected chi connectivity index (χ3v) is 6.55. The van der Waals surface area contributed by atoms with Crippen LogP contribution in [0.5, 0.6) is 0 Å². The first-order valence-corrected chi connectivity index (χ1v) is 10.9. The van der Waals surface area contributed by atoms with E-state index in [1.807, 2.05) is 13.8 Å². The van der Waals surface area contributed by atoms with Gasteiger partial charge in [0.15, 0.2) is 0 Å². The zero-order valence-electron chi connectivity index (χ0n) is 18.2. The van der Waals surface area contributed by atoms with Gasteiger partial charge in [0.1, 0.15) is 24.2 Å². The number of amides is 1. The number of aromatic nitrogens is 3. The topological polar surface area (TPSA) is 91.4 Å². The molecular weight excluding hydrogens is 396 g/mol. The Balaban J connectivity index is 1.60. The molecule has 0 unspecified atom stereocenters. The fourth-order valence-corrected chi connectivity index (χ4v) is 5.02. The number of nitrogens with zero attached hydrogens (tertiary/aromatic N) is 3. The number of morpholine rings is 1. The highest BCUT2D eigenvalue weighted by atomic mass is 16.5. The summed E-state index contributed by atoms with van der Waals surface area (Å²) in [5.41, 5.74) is 4.88. The summed E-state index contributed by atoms with van der Waals surface area (Å²) < 4.78 is 18.8. The van der Waals surface area contributed by atoms with Gasteiger partial charge in [-0.2, -0.15) is 0 Å². The second-order valence-corrected chi connectivity index (χ2v) is 8.54. The molecule has 0 radical (unpaired) electrons. The number of aryl methyl sites for hydroxylation is 2. The molecule has 2 aromatic heterocycles. The lowest BCUT2D eigenvalue weighted by Gasteiger charge is -2.32. The monoisotopic (exact) mass is 424 g/mol. The summed E-state index contributed by atoms with van der Waals surface area (Å²) in [4.78, 5) is 17.0. The molecule has 8 nitrogen and oxygen atoms in total. The van der Waals surface area contributed by atoms with Crippen molar-refractivity contribution in [2.24, 2.45) is 0 Å². The van der Waals surface area contributed by atoms with E-state index in [0.29, 0.717) is 18.8 Å². The highest BCUT2D eigenvalue weighted by Crippen LogP contribution is 2.37. The molecule has 1 amide bonds. The molecule has 1 aromatic carbocycles. The zero-order chi connectivity index (χ0) is 21.5. The summed E-state index contributed by atoms with van der Waals surface area (Å²) >= 11 is 0. The summed E-state index contributed by atoms with van der Waals surface area (Å²) in [5.74, 6) is 1.55. The van der Waals surface area contributed by atoms with Gasteiger partial charge in [-0.15, -0.1) is 0 Å². The summed E-state index contributed by atoms with van der Waals surface area (Å²) in [6.07, 6.45) is 4.39. The molecule has 2 fully saturated rings. The van der Waals surface area contributed by atoms with Crippen molar-refractivity contribution in [2.75, 3.05) is 20.3 Å². The fraction of sp³-hybridized carbons (Fsp3) is 0.522. The summed E-state index contributed by atoms with van der Waals surface area (Å²) in [6.45, 7) is 4.40. The maximum Gasteiger partial charge on any atom is 0.246 e. The molecule has 0 bridgehead atoms. The third-order valence-electron chi connectivity index (χ3n) is 6.55. The Kier molecular flexibility index (Phi) is 5.27. The van der Waals surface area contributed by atoms with E-state index >= 15 is 0 Å². The van der Waals surface area contributed by atoms with E-state index in [1.54, 1.807) is 7.11 Å². The van der Waals surface area contributed by atoms with Crippen molar-refractivity contribution >= 4 is 16.9 Å². The van der Waals surface area contributed by atoms with Crippen molar-refractivity contribution in [2.45, 2.75) is 57.7 Å². The average Bonchev–Trinajstić information content (AvgIpc) is 3.33. The van der Waals surface area contributed by atoms with Crippen LogP contribution in [0.1, 0.15) is 55.0 Å². The molecule has 1 atom stereocenters. The van der Waals surface area contributed by atoms with Crippen molar-refractivity contribution in [1.29, 1.82) is 0 Å². The van der Waals surface area contributed by atoms with Gasteiger partial charge in [-0.25, -0.2) is 4.98 Å². The Morgan fingerprint density at radius 1 is 1.19 bits per heavy atom. The predicted molar refractivity (Wildman–Crippen MR) is 115 cm³/mol. The van der Waals surface area contributed by atoms with Crippen LogP contribution in [0, 0.1) is 13.8 Å². The molecule has 1 aliphatic carbocycles. The molecule has 2 aliphatic rings. The smallest absolute Gasteiger partial charge is 0.246 e. The van der Waals surface area contributed by atoms with Gasteiger partial charge in [0.2, 0.25) is 5.91 Å². The van der Waals surface area contributed by atoms with Crippen molar-refractivity contribution in [3.05, 3.63) is 35.5 Å². The number of nitrogens with one attached hydrogen (secondary N) is 1. The molecule has 5 rings (SSSR count). The first-order chi connectivity index (χ1) is 15.0. The van der Waals surface area contributed by atoms with Gasteiger partial charge in [0, 0.05) is 18.7 Å². The lowest BCUT2D eigenvalue weighted by Crippen LogP contribution is -2.41. The van der Waals surface area contributed by atoms with Gasteiger partial charge in [0.25, 0.3) is 0 Å². The summed E-state index contributed by atoms with van der Waals surface area (Å²) in [7, 11) is 1.79. The van der Waals surface area contributed by atoms with E-state index in [1.165, 1.54) is 0 Å². The van der Waals surface area contributed by atoms with Crippen molar-refractivity contribution in [3.8, 4) is 11.1 Å². The van der Waals surface area contributed by atoms with Crippen LogP contribution in [0.2, 0.25) is 0 Å². The molecule has 1 N–H and O–H groups in total. The van der Waals surface area contributed by atoms with E-state index in [9.17, 15) is 4.79 Å². The first kappa shape index (κ1) is 20.2. The van der Waals surface area contributed by atoms with Crippen molar-refractivity contribution < 1.29 is 18.8 Å². The number of hydrogen-bond acceptors (Lipinski definition) is 6. The maximum atomic E-state index is 12.0. The number of fused-ring (bicyclic) bond motifs is 1. The molecule has 164 valence electrons. The normalized spacial score (nSPS) is 24.5. The van der Waals surface area contributed by atoms with Crippen molar-refractivity contribution in [3.63, 3.8) is 0 Å². The van der Waals surface area contributed by atoms with Crippen LogP contribution in [-0.2, 0) is 14.3 Å². The average molecular weight is 425 g/mol. The minimum Gasteiger partial charge on any atom is -0.381 e. The number of benzene rings is 1. The molecular formula is C23H28N4O4. The van der Waals surface area contributed by atoms with Crippen LogP contribution in [-0.4, -0.2) is 47.0 Å². The maximum absolute atomic E-state index is 12.0. The predicted octanol–water partition coefficient (Wildman–Crippen LogP) is 3.63. The van der Waals surface area contributed by atoms with Crippen LogP contribution >= 0.6 is 0 Å². The van der Waals surface area contributed by atoms with Gasteiger partial charge in [0.05, 0.1) is 29.4 Å². The van der Waals surface area contributed by atoms with Gasteiger partial charge in [-0.05, 0) is 57.2 Å². The summed E-state index contributed by atoms with van der Waals surface area (Å²) in [6, 6.07) is 6.38. The molecule has 0 spiro atoms. The van der Waals surface area contributed by atoms with Gasteiger partial charge in [-0.1, -0.05) is 11.2 Å². The third kappa shape index (κ3) is 3.64. The molecule has 1 saturated heterocycles. The van der Waals surface area contributed by atoms with E-state index in [0.717, 1.165) is 65.1 Å². The Hall–Kier alpha value is -2.71. The van der Waals surface area contributed by atoms with Gasteiger partial charge < -0.3 is 23.9 Å². The minimum atomic E-state index is -0.253. The molecule has 1 saturated carbocycles. The number of hydrogen-bond donors (Lipinski definition) is 1. The Bertz CT molecular complexity index is 1090. The molecule has 3 heterocycles. The minimum absolute atomic E-state index is 0.102. The number of carbonyl (C=O) groups excluding carboxylic acids is 1. The van der Waals surface area contributed by atoms with Crippen LogP contribution < -0.4 is 5.32 Å². The highest BCUT2D eigenvalue weighted by Gasteiger charge is 2.31.